The molecule has 280 valence electrons. The van der Waals surface area contributed by atoms with Gasteiger partial charge in [0.2, 0.25) is 5.91 Å². The molecule has 3 aliphatic heterocycles. The van der Waals surface area contributed by atoms with Gasteiger partial charge in [0.1, 0.15) is 0 Å². The van der Waals surface area contributed by atoms with Gasteiger partial charge in [0, 0.05) is 52.6 Å². The average molecular weight is 750 g/mol. The van der Waals surface area contributed by atoms with Crippen LogP contribution in [0.4, 0.5) is 22.7 Å². The Morgan fingerprint density at radius 1 is 1.04 bits per heavy atom. The molecule has 3 aliphatic rings. The summed E-state index contributed by atoms with van der Waals surface area (Å²) in [7, 11) is -3.16. The van der Waals surface area contributed by atoms with Crippen LogP contribution in [0.1, 0.15) is 46.0 Å². The van der Waals surface area contributed by atoms with Gasteiger partial charge < -0.3 is 35.5 Å². The largest absolute Gasteiger partial charge is 0.432 e. The number of carbonyl (C=O) groups excluding carboxylic acids is 3. The number of hydrogen-bond donors (Lipinski definition) is 4. The zero-order valence-corrected chi connectivity index (χ0v) is 31.3. The summed E-state index contributed by atoms with van der Waals surface area (Å²) in [6.45, 7) is 5.49. The minimum absolute atomic E-state index is 0.0905. The number of fused-ring (bicyclic) bond motifs is 3. The van der Waals surface area contributed by atoms with Gasteiger partial charge in [0.15, 0.2) is 13.9 Å². The summed E-state index contributed by atoms with van der Waals surface area (Å²) < 4.78 is 6.81. The van der Waals surface area contributed by atoms with Crippen LogP contribution in [0.2, 0.25) is 18.6 Å². The van der Waals surface area contributed by atoms with Crippen LogP contribution >= 0.6 is 0 Å². The first-order valence-corrected chi connectivity index (χ1v) is 21.0. The predicted molar refractivity (Wildman–Crippen MR) is 205 cm³/mol. The van der Waals surface area contributed by atoms with Crippen LogP contribution in [-0.2, 0) is 39.4 Å². The minimum atomic E-state index is -3.16. The third kappa shape index (κ3) is 6.55. The summed E-state index contributed by atoms with van der Waals surface area (Å²) in [5.74, 6) is -1.67. The molecule has 5 atom stereocenters. The van der Waals surface area contributed by atoms with Crippen LogP contribution in [0.15, 0.2) is 91.0 Å². The first kappa shape index (κ1) is 36.9. The van der Waals surface area contributed by atoms with E-state index in [1.807, 2.05) is 31.2 Å². The summed E-state index contributed by atoms with van der Waals surface area (Å²) in [5, 5.41) is 25.2. The van der Waals surface area contributed by atoms with Crippen molar-refractivity contribution in [2.45, 2.75) is 69.2 Å². The molecule has 0 bridgehead atoms. The molecule has 13 nitrogen and oxygen atoms in total. The molecule has 1 spiro atoms. The highest BCUT2D eigenvalue weighted by atomic mass is 28.4. The first-order valence-electron chi connectivity index (χ1n) is 17.9. The van der Waals surface area contributed by atoms with Gasteiger partial charge in [-0.25, -0.2) is 0 Å². The number of ether oxygens (including phenoxy) is 1. The van der Waals surface area contributed by atoms with Crippen molar-refractivity contribution < 1.29 is 33.9 Å². The lowest BCUT2D eigenvalue weighted by Crippen LogP contribution is -2.48. The van der Waals surface area contributed by atoms with Gasteiger partial charge >= 0.3 is 0 Å². The molecule has 3 heterocycles. The molecule has 0 unspecified atom stereocenters. The van der Waals surface area contributed by atoms with E-state index in [4.69, 9.17) is 10.5 Å². The van der Waals surface area contributed by atoms with Crippen molar-refractivity contribution in [2.75, 3.05) is 22.6 Å². The molecule has 0 radical (unpaired) electrons. The highest BCUT2D eigenvalue weighted by Gasteiger charge is 2.66. The molecule has 3 amide bonds. The van der Waals surface area contributed by atoms with E-state index in [-0.39, 0.29) is 37.1 Å². The Bertz CT molecular complexity index is 2120. The molecule has 1 fully saturated rings. The maximum Gasteiger partial charge on any atom is 0.269 e. The number of nitro benzene ring substituents is 1. The maximum absolute atomic E-state index is 14.9. The number of non-ortho nitro benzene ring substituents is 1. The molecular weight excluding hydrogens is 707 g/mol. The van der Waals surface area contributed by atoms with E-state index in [0.29, 0.717) is 41.2 Å². The van der Waals surface area contributed by atoms with Crippen molar-refractivity contribution in [3.8, 4) is 0 Å². The standard InChI is InChI=1S/C40H43N5O8Si/c1-24-37(54(2,3)52)35(20-36(47)43-22-28-7-5-4-6-27(28)18-32(43)23-46)53-40(24)33-19-31(45(50)51)16-17-34(33)44(39(40)49)21-25-8-14-30(15-9-25)42-38(48)26-10-12-29(41)13-11-26/h4-17,19,24,32,35,37,46,52H,18,20-23,41H2,1-3H3,(H,42,48)/t24-,32-,35+,37-,40+/m0/s1. The quantitative estimate of drug-likeness (QED) is 0.0781. The Hall–Kier alpha value is -5.41. The van der Waals surface area contributed by atoms with E-state index in [2.05, 4.69) is 5.32 Å². The Balaban J connectivity index is 1.18. The molecule has 7 rings (SSSR count). The van der Waals surface area contributed by atoms with E-state index in [1.165, 1.54) is 17.0 Å². The normalized spacial score (nSPS) is 23.3. The van der Waals surface area contributed by atoms with Crippen LogP contribution < -0.4 is 16.0 Å². The fraction of sp³-hybridized carbons (Fsp3) is 0.325. The second-order valence-electron chi connectivity index (χ2n) is 15.0. The third-order valence-corrected chi connectivity index (χ3v) is 13.7. The summed E-state index contributed by atoms with van der Waals surface area (Å²) in [6.07, 6.45) is -0.530. The highest BCUT2D eigenvalue weighted by Crippen LogP contribution is 2.60. The van der Waals surface area contributed by atoms with Gasteiger partial charge in [-0.15, -0.1) is 0 Å². The van der Waals surface area contributed by atoms with E-state index >= 15 is 0 Å². The van der Waals surface area contributed by atoms with Crippen LogP contribution in [0.25, 0.3) is 0 Å². The molecular formula is C40H43N5O8Si. The smallest absolute Gasteiger partial charge is 0.269 e. The number of aliphatic hydroxyl groups is 1. The zero-order chi connectivity index (χ0) is 38.5. The SMILES string of the molecule is C[C@H]1[C@H]([Si](C)(C)O)[C@@H](CC(=O)N2Cc3ccccc3C[C@H]2CO)O[C@]12C(=O)N(Cc1ccc(NC(=O)c3ccc(N)cc3)cc1)c1ccc([N+](=O)[O-])cc12. The van der Waals surface area contributed by atoms with Gasteiger partial charge in [-0.3, -0.25) is 24.5 Å². The molecule has 54 heavy (non-hydrogen) atoms. The topological polar surface area (TPSA) is 189 Å². The number of amides is 3. The number of anilines is 3. The number of rotatable bonds is 9. The van der Waals surface area contributed by atoms with Crippen LogP contribution in [0, 0.1) is 16.0 Å². The van der Waals surface area contributed by atoms with Gasteiger partial charge in [-0.05, 0) is 78.7 Å². The lowest BCUT2D eigenvalue weighted by molar-refractivity contribution is -0.385. The Kier molecular flexibility index (Phi) is 9.64. The molecule has 5 N–H and O–H groups in total. The molecule has 4 aromatic carbocycles. The Morgan fingerprint density at radius 3 is 2.37 bits per heavy atom. The Morgan fingerprint density at radius 2 is 1.72 bits per heavy atom. The number of nitrogen functional groups attached to an aromatic ring is 1. The number of carbonyl (C=O) groups is 3. The summed E-state index contributed by atoms with van der Waals surface area (Å²) in [6, 6.07) is 25.2. The van der Waals surface area contributed by atoms with Crippen molar-refractivity contribution in [3.63, 3.8) is 0 Å². The van der Waals surface area contributed by atoms with Gasteiger partial charge in [-0.2, -0.15) is 0 Å². The molecule has 0 saturated carbocycles. The van der Waals surface area contributed by atoms with Crippen molar-refractivity contribution in [1.82, 2.24) is 4.90 Å². The lowest BCUT2D eigenvalue weighted by Gasteiger charge is -2.37. The molecule has 14 heteroatoms. The van der Waals surface area contributed by atoms with Crippen LogP contribution in [0.3, 0.4) is 0 Å². The monoisotopic (exact) mass is 749 g/mol. The van der Waals surface area contributed by atoms with Crippen LogP contribution in [0.5, 0.6) is 0 Å². The van der Waals surface area contributed by atoms with E-state index in [0.717, 1.165) is 16.7 Å². The van der Waals surface area contributed by atoms with Gasteiger partial charge in [0.05, 0.1) is 42.3 Å². The maximum atomic E-state index is 14.9. The van der Waals surface area contributed by atoms with Gasteiger partial charge in [0.25, 0.3) is 17.5 Å². The second kappa shape index (κ2) is 14.1. The second-order valence-corrected chi connectivity index (χ2v) is 19.0. The van der Waals surface area contributed by atoms with E-state index in [1.54, 1.807) is 72.6 Å². The number of hydrogen-bond acceptors (Lipinski definition) is 9. The number of nitrogens with zero attached hydrogens (tertiary/aromatic N) is 3. The van der Waals surface area contributed by atoms with Crippen molar-refractivity contribution in [2.24, 2.45) is 5.92 Å². The fourth-order valence-corrected chi connectivity index (χ4v) is 11.1. The summed E-state index contributed by atoms with van der Waals surface area (Å²) >= 11 is 0. The summed E-state index contributed by atoms with van der Waals surface area (Å²) in [4.78, 5) is 68.2. The first-order chi connectivity index (χ1) is 25.7. The molecule has 0 aliphatic carbocycles. The number of aliphatic hydroxyl groups excluding tert-OH is 1. The van der Waals surface area contributed by atoms with Crippen LogP contribution in [-0.4, -0.2) is 64.5 Å². The van der Waals surface area contributed by atoms with E-state index < -0.39 is 48.4 Å². The predicted octanol–water partition coefficient (Wildman–Crippen LogP) is 5.11. The Labute approximate surface area is 313 Å². The third-order valence-electron chi connectivity index (χ3n) is 11.2. The van der Waals surface area contributed by atoms with Crippen molar-refractivity contribution in [1.29, 1.82) is 0 Å². The summed E-state index contributed by atoms with van der Waals surface area (Å²) in [5.41, 5.74) is 8.30. The zero-order valence-electron chi connectivity index (χ0n) is 30.3. The number of nitrogens with one attached hydrogen (secondary N) is 1. The number of nitro groups is 1. The van der Waals surface area contributed by atoms with Gasteiger partial charge in [-0.1, -0.05) is 43.3 Å². The minimum Gasteiger partial charge on any atom is -0.432 e. The number of benzene rings is 4. The highest BCUT2D eigenvalue weighted by molar-refractivity contribution is 6.71. The molecule has 1 saturated heterocycles. The van der Waals surface area contributed by atoms with E-state index in [9.17, 15) is 34.4 Å². The molecule has 0 aromatic heterocycles. The average Bonchev–Trinajstić information content (AvgIpc) is 3.57. The molecule has 4 aromatic rings. The van der Waals surface area contributed by atoms with Crippen molar-refractivity contribution >= 4 is 48.8 Å². The lowest BCUT2D eigenvalue weighted by atomic mass is 9.82. The van der Waals surface area contributed by atoms with Crippen molar-refractivity contribution in [3.05, 3.63) is 129 Å². The number of nitrogens with two attached hydrogens (primary N) is 1. The fourth-order valence-electron chi connectivity index (χ4n) is 8.58.